The molecule has 0 aliphatic carbocycles. The van der Waals surface area contributed by atoms with E-state index in [1.807, 2.05) is 11.3 Å². The van der Waals surface area contributed by atoms with Crippen LogP contribution in [0, 0.1) is 11.3 Å². The van der Waals surface area contributed by atoms with Gasteiger partial charge < -0.3 is 0 Å². The van der Waals surface area contributed by atoms with Crippen molar-refractivity contribution in [2.24, 2.45) is 0 Å². The summed E-state index contributed by atoms with van der Waals surface area (Å²) in [6.45, 7) is 0. The van der Waals surface area contributed by atoms with Crippen LogP contribution in [0.4, 0.5) is 0 Å². The molecule has 0 fully saturated rings. The molecule has 0 unspecified atom stereocenters. The molecule has 0 radical (unpaired) electrons. The maximum absolute atomic E-state index is 8.62. The number of hydrogen-bond donors (Lipinski definition) is 0. The van der Waals surface area contributed by atoms with E-state index < -0.39 is 0 Å². The summed E-state index contributed by atoms with van der Waals surface area (Å²) in [5.74, 6) is 0. The van der Waals surface area contributed by atoms with Gasteiger partial charge >= 0.3 is 0 Å². The molecular formula is C15H11NS3. The van der Waals surface area contributed by atoms with Crippen molar-refractivity contribution in [1.82, 2.24) is 0 Å². The highest BCUT2D eigenvalue weighted by molar-refractivity contribution is 7.26. The molecular weight excluding hydrogens is 290 g/mol. The molecule has 0 N–H and O–H groups in total. The Bertz CT molecular complexity index is 698. The van der Waals surface area contributed by atoms with Gasteiger partial charge in [-0.25, -0.2) is 0 Å². The summed E-state index contributed by atoms with van der Waals surface area (Å²) < 4.78 is 0. The molecule has 0 amide bonds. The summed E-state index contributed by atoms with van der Waals surface area (Å²) in [4.78, 5) is 6.58. The minimum atomic E-state index is 0.602. The van der Waals surface area contributed by atoms with Crippen LogP contribution in [0.5, 0.6) is 0 Å². The highest BCUT2D eigenvalue weighted by Gasteiger charge is 2.08. The Hall–Kier alpha value is -1.41. The van der Waals surface area contributed by atoms with Crippen LogP contribution in [0.25, 0.3) is 19.5 Å². The Balaban J connectivity index is 1.83. The average molecular weight is 301 g/mol. The summed E-state index contributed by atoms with van der Waals surface area (Å²) in [6, 6.07) is 15.1. The number of aryl methyl sites for hydroxylation is 1. The smallest absolute Gasteiger partial charge is 0.0625 e. The molecule has 0 atom stereocenters. The highest BCUT2D eigenvalue weighted by atomic mass is 32.1. The van der Waals surface area contributed by atoms with Crippen LogP contribution in [0.15, 0.2) is 41.8 Å². The highest BCUT2D eigenvalue weighted by Crippen LogP contribution is 2.39. The first kappa shape index (κ1) is 12.6. The molecule has 0 spiro atoms. The normalized spacial score (nSPS) is 10.5. The largest absolute Gasteiger partial charge is 0.198 e. The molecule has 3 heterocycles. The van der Waals surface area contributed by atoms with E-state index in [0.717, 1.165) is 6.42 Å². The second kappa shape index (κ2) is 5.70. The molecule has 4 heteroatoms. The lowest BCUT2D eigenvalue weighted by Gasteiger charge is -1.91. The Labute approximate surface area is 124 Å². The van der Waals surface area contributed by atoms with Gasteiger partial charge in [0.05, 0.1) is 6.07 Å². The first-order chi connectivity index (χ1) is 9.36. The van der Waals surface area contributed by atoms with Gasteiger partial charge in [0.15, 0.2) is 0 Å². The fourth-order valence-electron chi connectivity index (χ4n) is 1.85. The number of thiophene rings is 3. The van der Waals surface area contributed by atoms with Crippen molar-refractivity contribution >= 4 is 34.0 Å². The second-order valence-corrected chi connectivity index (χ2v) is 7.27. The molecule has 0 bridgehead atoms. The lowest BCUT2D eigenvalue weighted by Crippen LogP contribution is -1.74. The van der Waals surface area contributed by atoms with E-state index in [-0.39, 0.29) is 0 Å². The third-order valence-electron chi connectivity index (χ3n) is 2.76. The minimum Gasteiger partial charge on any atom is -0.198 e. The monoisotopic (exact) mass is 301 g/mol. The zero-order valence-electron chi connectivity index (χ0n) is 10.1. The lowest BCUT2D eigenvalue weighted by molar-refractivity contribution is 1.04. The quantitative estimate of drug-likeness (QED) is 0.610. The summed E-state index contributed by atoms with van der Waals surface area (Å²) >= 11 is 5.41. The van der Waals surface area contributed by atoms with Gasteiger partial charge in [0.2, 0.25) is 0 Å². The zero-order valence-corrected chi connectivity index (χ0v) is 12.6. The molecule has 3 aromatic heterocycles. The van der Waals surface area contributed by atoms with E-state index >= 15 is 0 Å². The SMILES string of the molecule is N#CCCc1ccc(-c2ccc(-c3cccs3)s2)s1. The molecule has 0 aromatic carbocycles. The number of nitriles is 1. The van der Waals surface area contributed by atoms with Gasteiger partial charge in [0, 0.05) is 30.8 Å². The van der Waals surface area contributed by atoms with E-state index in [2.05, 4.69) is 47.8 Å². The van der Waals surface area contributed by atoms with Crippen LogP contribution in [0.3, 0.4) is 0 Å². The number of hydrogen-bond acceptors (Lipinski definition) is 4. The standard InChI is InChI=1S/C15H11NS3/c16-9-1-3-11-5-6-14(18-11)15-8-7-13(19-15)12-4-2-10-17-12/h2,4-8,10H,1,3H2. The minimum absolute atomic E-state index is 0.602. The maximum Gasteiger partial charge on any atom is 0.0625 e. The van der Waals surface area contributed by atoms with Gasteiger partial charge in [-0.2, -0.15) is 5.26 Å². The molecule has 0 aliphatic rings. The average Bonchev–Trinajstić information content (AvgIpc) is 3.14. The molecule has 0 saturated carbocycles. The lowest BCUT2D eigenvalue weighted by atomic mass is 10.3. The molecule has 19 heavy (non-hydrogen) atoms. The fraction of sp³-hybridized carbons (Fsp3) is 0.133. The first-order valence-electron chi connectivity index (χ1n) is 5.96. The summed E-state index contributed by atoms with van der Waals surface area (Å²) in [5.41, 5.74) is 0. The summed E-state index contributed by atoms with van der Waals surface area (Å²) in [6.07, 6.45) is 1.47. The van der Waals surface area contributed by atoms with Gasteiger partial charge in [0.25, 0.3) is 0 Å². The summed E-state index contributed by atoms with van der Waals surface area (Å²) in [5, 5.41) is 10.7. The van der Waals surface area contributed by atoms with Crippen molar-refractivity contribution in [1.29, 1.82) is 5.26 Å². The van der Waals surface area contributed by atoms with Crippen LogP contribution in [0.2, 0.25) is 0 Å². The Morgan fingerprint density at radius 1 is 0.895 bits per heavy atom. The molecule has 1 nitrogen and oxygen atoms in total. The maximum atomic E-state index is 8.62. The van der Waals surface area contributed by atoms with Crippen molar-refractivity contribution in [3.05, 3.63) is 46.7 Å². The first-order valence-corrected chi connectivity index (χ1v) is 8.48. The molecule has 0 aliphatic heterocycles. The Morgan fingerprint density at radius 2 is 1.63 bits per heavy atom. The zero-order chi connectivity index (χ0) is 13.1. The van der Waals surface area contributed by atoms with E-state index in [9.17, 15) is 0 Å². The van der Waals surface area contributed by atoms with E-state index in [0.29, 0.717) is 6.42 Å². The number of rotatable bonds is 4. The molecule has 3 rings (SSSR count). The molecule has 94 valence electrons. The van der Waals surface area contributed by atoms with Gasteiger partial charge in [-0.1, -0.05) is 6.07 Å². The van der Waals surface area contributed by atoms with Gasteiger partial charge in [-0.15, -0.1) is 34.0 Å². The van der Waals surface area contributed by atoms with Gasteiger partial charge in [-0.05, 0) is 42.1 Å². The van der Waals surface area contributed by atoms with Crippen LogP contribution >= 0.6 is 34.0 Å². The van der Waals surface area contributed by atoms with E-state index in [1.165, 1.54) is 24.4 Å². The number of nitrogens with zero attached hydrogens (tertiary/aromatic N) is 1. The van der Waals surface area contributed by atoms with Crippen molar-refractivity contribution in [3.63, 3.8) is 0 Å². The fourth-order valence-corrected chi connectivity index (χ4v) is 4.78. The van der Waals surface area contributed by atoms with Gasteiger partial charge in [-0.3, -0.25) is 0 Å². The van der Waals surface area contributed by atoms with Crippen molar-refractivity contribution in [2.45, 2.75) is 12.8 Å². The van der Waals surface area contributed by atoms with E-state index in [1.54, 1.807) is 22.7 Å². The van der Waals surface area contributed by atoms with Gasteiger partial charge in [0.1, 0.15) is 0 Å². The topological polar surface area (TPSA) is 23.8 Å². The molecule has 3 aromatic rings. The van der Waals surface area contributed by atoms with Crippen LogP contribution in [-0.4, -0.2) is 0 Å². The van der Waals surface area contributed by atoms with Crippen LogP contribution in [0.1, 0.15) is 11.3 Å². The van der Waals surface area contributed by atoms with Crippen molar-refractivity contribution < 1.29 is 0 Å². The predicted molar refractivity (Wildman–Crippen MR) is 84.9 cm³/mol. The predicted octanol–water partition coefficient (Wildman–Crippen LogP) is 5.66. The van der Waals surface area contributed by atoms with Crippen molar-refractivity contribution in [2.75, 3.05) is 0 Å². The molecule has 0 saturated heterocycles. The third-order valence-corrected chi connectivity index (χ3v) is 6.25. The van der Waals surface area contributed by atoms with Crippen LogP contribution < -0.4 is 0 Å². The van der Waals surface area contributed by atoms with Crippen molar-refractivity contribution in [3.8, 4) is 25.6 Å². The van der Waals surface area contributed by atoms with E-state index in [4.69, 9.17) is 5.26 Å². The second-order valence-electron chi connectivity index (χ2n) is 4.07. The Kier molecular flexibility index (Phi) is 3.79. The summed E-state index contributed by atoms with van der Waals surface area (Å²) in [7, 11) is 0. The van der Waals surface area contributed by atoms with Crippen LogP contribution in [-0.2, 0) is 6.42 Å². The third kappa shape index (κ3) is 2.79. The Morgan fingerprint density at radius 3 is 2.37 bits per heavy atom.